The Labute approximate surface area is 136 Å². The van der Waals surface area contributed by atoms with Gasteiger partial charge in [-0.1, -0.05) is 23.8 Å². The number of benzene rings is 2. The van der Waals surface area contributed by atoms with E-state index < -0.39 is 0 Å². The minimum atomic E-state index is 0.322. The van der Waals surface area contributed by atoms with Crippen LogP contribution in [0.1, 0.15) is 5.56 Å². The van der Waals surface area contributed by atoms with Crippen molar-refractivity contribution in [2.45, 2.75) is 0 Å². The first-order chi connectivity index (χ1) is 9.51. The van der Waals surface area contributed by atoms with E-state index in [1.54, 1.807) is 13.2 Å². The lowest BCUT2D eigenvalue weighted by Crippen LogP contribution is -2.12. The zero-order valence-corrected chi connectivity index (χ0v) is 13.8. The van der Waals surface area contributed by atoms with Crippen LogP contribution in [-0.2, 0) is 0 Å². The van der Waals surface area contributed by atoms with Gasteiger partial charge in [-0.25, -0.2) is 0 Å². The van der Waals surface area contributed by atoms with Crippen molar-refractivity contribution in [3.63, 3.8) is 0 Å². The Kier molecular flexibility index (Phi) is 4.86. The monoisotopic (exact) mass is 370 g/mol. The third-order valence-corrected chi connectivity index (χ3v) is 4.12. The Hall–Kier alpha value is -1.30. The van der Waals surface area contributed by atoms with Gasteiger partial charge in [0.15, 0.2) is 0 Å². The van der Waals surface area contributed by atoms with Crippen molar-refractivity contribution in [3.05, 3.63) is 51.5 Å². The highest BCUT2D eigenvalue weighted by molar-refractivity contribution is 9.10. The minimum absolute atomic E-state index is 0.322. The van der Waals surface area contributed by atoms with Crippen LogP contribution in [0.2, 0.25) is 5.02 Å². The number of rotatable bonds is 4. The van der Waals surface area contributed by atoms with Crippen molar-refractivity contribution < 1.29 is 4.74 Å². The maximum Gasteiger partial charge on any atom is 0.120 e. The molecule has 0 fully saturated rings. The highest BCUT2D eigenvalue weighted by atomic mass is 79.9. The molecule has 6 heteroatoms. The summed E-state index contributed by atoms with van der Waals surface area (Å²) in [7, 11) is 1.61. The molecular weight excluding hydrogens is 360 g/mol. The molecule has 0 radical (unpaired) electrons. The lowest BCUT2D eigenvalue weighted by Gasteiger charge is -2.13. The Morgan fingerprint density at radius 2 is 2.05 bits per heavy atom. The summed E-state index contributed by atoms with van der Waals surface area (Å²) in [4.78, 5) is 0.322. The van der Waals surface area contributed by atoms with Gasteiger partial charge in [-0.3, -0.25) is 0 Å². The molecular formula is C14H12BrClN2OS. The summed E-state index contributed by atoms with van der Waals surface area (Å²) in [6.07, 6.45) is 0. The Morgan fingerprint density at radius 3 is 2.65 bits per heavy atom. The van der Waals surface area contributed by atoms with Crippen molar-refractivity contribution in [1.82, 2.24) is 0 Å². The van der Waals surface area contributed by atoms with Crippen LogP contribution in [0, 0.1) is 0 Å². The van der Waals surface area contributed by atoms with Crippen molar-refractivity contribution in [2.24, 2.45) is 5.73 Å². The highest BCUT2D eigenvalue weighted by Crippen LogP contribution is 2.30. The molecule has 0 spiro atoms. The summed E-state index contributed by atoms with van der Waals surface area (Å²) in [5.74, 6) is 0.723. The molecule has 0 bridgehead atoms. The number of nitrogens with two attached hydrogens (primary N) is 1. The molecule has 0 aromatic heterocycles. The van der Waals surface area contributed by atoms with E-state index in [0.29, 0.717) is 10.0 Å². The van der Waals surface area contributed by atoms with Gasteiger partial charge in [0, 0.05) is 21.8 Å². The molecule has 20 heavy (non-hydrogen) atoms. The van der Waals surface area contributed by atoms with Crippen LogP contribution < -0.4 is 15.8 Å². The molecule has 3 nitrogen and oxygen atoms in total. The van der Waals surface area contributed by atoms with Gasteiger partial charge < -0.3 is 15.8 Å². The van der Waals surface area contributed by atoms with Crippen LogP contribution in [0.25, 0.3) is 0 Å². The van der Waals surface area contributed by atoms with Gasteiger partial charge in [0.1, 0.15) is 10.7 Å². The van der Waals surface area contributed by atoms with Crippen LogP contribution in [-0.4, -0.2) is 12.1 Å². The number of halogens is 2. The summed E-state index contributed by atoms with van der Waals surface area (Å²) >= 11 is 14.4. The first kappa shape index (κ1) is 15.1. The lowest BCUT2D eigenvalue weighted by molar-refractivity contribution is 0.415. The van der Waals surface area contributed by atoms with E-state index in [2.05, 4.69) is 21.2 Å². The third-order valence-electron chi connectivity index (χ3n) is 2.69. The van der Waals surface area contributed by atoms with Crippen molar-refractivity contribution in [2.75, 3.05) is 12.4 Å². The summed E-state index contributed by atoms with van der Waals surface area (Å²) in [6, 6.07) is 11.0. The number of nitrogens with one attached hydrogen (secondary N) is 1. The fraction of sp³-hybridized carbons (Fsp3) is 0.0714. The molecule has 0 saturated carbocycles. The van der Waals surface area contributed by atoms with E-state index in [9.17, 15) is 0 Å². The summed E-state index contributed by atoms with van der Waals surface area (Å²) < 4.78 is 6.02. The van der Waals surface area contributed by atoms with Crippen LogP contribution in [0.15, 0.2) is 40.9 Å². The molecule has 104 valence electrons. The van der Waals surface area contributed by atoms with E-state index in [1.165, 1.54) is 0 Å². The maximum atomic E-state index is 5.98. The second-order valence-corrected chi connectivity index (χ2v) is 5.73. The molecule has 0 heterocycles. The molecule has 0 aliphatic heterocycles. The van der Waals surface area contributed by atoms with Gasteiger partial charge in [-0.15, -0.1) is 0 Å². The maximum absolute atomic E-state index is 5.98. The number of methoxy groups -OCH3 is 1. The standard InChI is InChI=1S/C14H12BrClN2OS/c1-19-9-3-4-10(14(17)20)13(7-9)18-8-2-5-12(16)11(15)6-8/h2-7,18H,1H3,(H2,17,20). The van der Waals surface area contributed by atoms with Crippen LogP contribution in [0.3, 0.4) is 0 Å². The smallest absolute Gasteiger partial charge is 0.120 e. The average molecular weight is 372 g/mol. The van der Waals surface area contributed by atoms with Crippen LogP contribution in [0.4, 0.5) is 11.4 Å². The van der Waals surface area contributed by atoms with Crippen molar-refractivity contribution >= 4 is 56.1 Å². The fourth-order valence-electron chi connectivity index (χ4n) is 1.70. The second-order valence-electron chi connectivity index (χ2n) is 4.03. The van der Waals surface area contributed by atoms with E-state index >= 15 is 0 Å². The second kappa shape index (κ2) is 6.43. The van der Waals surface area contributed by atoms with Crippen LogP contribution >= 0.6 is 39.7 Å². The zero-order chi connectivity index (χ0) is 14.7. The Morgan fingerprint density at radius 1 is 1.30 bits per heavy atom. The molecule has 0 unspecified atom stereocenters. The number of hydrogen-bond acceptors (Lipinski definition) is 3. The molecule has 2 aromatic rings. The Balaban J connectivity index is 2.40. The molecule has 0 atom stereocenters. The molecule has 0 aliphatic rings. The van der Waals surface area contributed by atoms with E-state index in [-0.39, 0.29) is 0 Å². The van der Waals surface area contributed by atoms with Crippen molar-refractivity contribution in [3.8, 4) is 5.75 Å². The first-order valence-corrected chi connectivity index (χ1v) is 7.29. The highest BCUT2D eigenvalue weighted by Gasteiger charge is 2.08. The Bertz CT molecular complexity index is 664. The number of hydrogen-bond donors (Lipinski definition) is 2. The van der Waals surface area contributed by atoms with Gasteiger partial charge in [0.05, 0.1) is 17.8 Å². The quantitative estimate of drug-likeness (QED) is 0.777. The number of thiocarbonyl (C=S) groups is 1. The fourth-order valence-corrected chi connectivity index (χ4v) is 2.37. The zero-order valence-electron chi connectivity index (χ0n) is 10.6. The molecule has 3 N–H and O–H groups in total. The summed E-state index contributed by atoms with van der Waals surface area (Å²) in [5.41, 5.74) is 8.14. The van der Waals surface area contributed by atoms with Gasteiger partial charge in [-0.2, -0.15) is 0 Å². The third kappa shape index (κ3) is 3.42. The molecule has 2 aromatic carbocycles. The molecule has 2 rings (SSSR count). The van der Waals surface area contributed by atoms with Gasteiger partial charge in [0.2, 0.25) is 0 Å². The molecule has 0 amide bonds. The molecule has 0 aliphatic carbocycles. The van der Waals surface area contributed by atoms with Crippen LogP contribution in [0.5, 0.6) is 5.75 Å². The van der Waals surface area contributed by atoms with Crippen molar-refractivity contribution in [1.29, 1.82) is 0 Å². The lowest BCUT2D eigenvalue weighted by atomic mass is 10.1. The largest absolute Gasteiger partial charge is 0.497 e. The van der Waals surface area contributed by atoms with E-state index in [1.807, 2.05) is 30.3 Å². The normalized spacial score (nSPS) is 10.2. The van der Waals surface area contributed by atoms with E-state index in [4.69, 9.17) is 34.3 Å². The van der Waals surface area contributed by atoms with Gasteiger partial charge in [-0.05, 0) is 46.3 Å². The topological polar surface area (TPSA) is 47.3 Å². The SMILES string of the molecule is COc1ccc(C(N)=S)c(Nc2ccc(Cl)c(Br)c2)c1. The summed E-state index contributed by atoms with van der Waals surface area (Å²) in [5, 5.41) is 3.91. The minimum Gasteiger partial charge on any atom is -0.497 e. The number of anilines is 2. The van der Waals surface area contributed by atoms with E-state index in [0.717, 1.165) is 27.2 Å². The van der Waals surface area contributed by atoms with Gasteiger partial charge >= 0.3 is 0 Å². The first-order valence-electron chi connectivity index (χ1n) is 5.71. The summed E-state index contributed by atoms with van der Waals surface area (Å²) in [6.45, 7) is 0. The predicted molar refractivity (Wildman–Crippen MR) is 91.3 cm³/mol. The number of ether oxygens (including phenoxy) is 1. The molecule has 0 saturated heterocycles. The average Bonchev–Trinajstić information content (AvgIpc) is 2.42. The predicted octanol–water partition coefficient (Wildman–Crippen LogP) is 4.49. The van der Waals surface area contributed by atoms with Gasteiger partial charge in [0.25, 0.3) is 0 Å².